The van der Waals surface area contributed by atoms with Crippen LogP contribution in [-0.2, 0) is 6.42 Å². The van der Waals surface area contributed by atoms with Gasteiger partial charge >= 0.3 is 0 Å². The highest BCUT2D eigenvalue weighted by molar-refractivity contribution is 5.45. The monoisotopic (exact) mass is 1650 g/mol. The van der Waals surface area contributed by atoms with Crippen LogP contribution in [0.3, 0.4) is 0 Å². The van der Waals surface area contributed by atoms with Crippen LogP contribution in [0.1, 0.15) is 145 Å². The molecule has 52 nitrogen and oxygen atoms in total. The van der Waals surface area contributed by atoms with E-state index in [1.54, 1.807) is 0 Å². The smallest absolute Gasteiger partial charge is 0.231 e. The summed E-state index contributed by atoms with van der Waals surface area (Å²) >= 11 is 0. The van der Waals surface area contributed by atoms with Crippen molar-refractivity contribution >= 4 is 149 Å². The Kier molecular flexibility index (Phi) is 48.1. The number of nitrogens with zero attached hydrogens (tertiary/aromatic N) is 34. The van der Waals surface area contributed by atoms with Crippen molar-refractivity contribution in [2.24, 2.45) is 0 Å². The van der Waals surface area contributed by atoms with Crippen molar-refractivity contribution in [1.82, 2.24) is 135 Å². The summed E-state index contributed by atoms with van der Waals surface area (Å²) in [6.07, 6.45) is 10.7. The Hall–Kier alpha value is -13.9. The summed E-state index contributed by atoms with van der Waals surface area (Å²) in [6, 6.07) is 0. The van der Waals surface area contributed by atoms with Crippen LogP contribution in [0.15, 0.2) is 0 Å². The van der Waals surface area contributed by atoms with Crippen LogP contribution in [0.5, 0.6) is 0 Å². The first-order valence-corrected chi connectivity index (χ1v) is 37.9. The minimum atomic E-state index is 0.133. The first-order valence-electron chi connectivity index (χ1n) is 37.9. The Morgan fingerprint density at radius 3 is 0.780 bits per heavy atom. The lowest BCUT2D eigenvalue weighted by molar-refractivity contribution is 0.740. The molecular formula is C66H130N52. The van der Waals surface area contributed by atoms with Gasteiger partial charge < -0.3 is 136 Å². The van der Waals surface area contributed by atoms with Crippen molar-refractivity contribution in [1.29, 1.82) is 0 Å². The number of nitrogens with two attached hydrogens (primary N) is 14. The molecule has 0 bridgehead atoms. The van der Waals surface area contributed by atoms with Gasteiger partial charge in [0.2, 0.25) is 149 Å². The molecule has 0 aliphatic rings. The molecule has 9 aromatic rings. The van der Waals surface area contributed by atoms with E-state index in [4.69, 9.17) is 80.3 Å². The van der Waals surface area contributed by atoms with Gasteiger partial charge in [-0.1, -0.05) is 81.1 Å². The molecule has 9 aromatic heterocycles. The molecule has 0 radical (unpaired) electrons. The highest BCUT2D eigenvalue weighted by atomic mass is 15.4. The van der Waals surface area contributed by atoms with E-state index in [1.807, 2.05) is 140 Å². The zero-order valence-corrected chi connectivity index (χ0v) is 72.4. The molecule has 0 aliphatic heterocycles. The van der Waals surface area contributed by atoms with Gasteiger partial charge in [0, 0.05) is 136 Å². The summed E-state index contributed by atoms with van der Waals surface area (Å²) in [5.74, 6) is 10.2. The number of hydrogen-bond donors (Lipinski definition) is 18. The Morgan fingerprint density at radius 2 is 0.517 bits per heavy atom. The summed E-state index contributed by atoms with van der Waals surface area (Å²) < 4.78 is 0. The molecule has 9 rings (SSSR count). The van der Waals surface area contributed by atoms with Gasteiger partial charge in [0.25, 0.3) is 0 Å². The number of hydrogen-bond acceptors (Lipinski definition) is 52. The van der Waals surface area contributed by atoms with Gasteiger partial charge in [-0.3, -0.25) is 0 Å². The molecule has 0 amide bonds. The highest BCUT2D eigenvalue weighted by Crippen LogP contribution is 2.18. The van der Waals surface area contributed by atoms with Gasteiger partial charge in [-0.25, -0.2) is 0 Å². The first kappa shape index (κ1) is 102. The zero-order chi connectivity index (χ0) is 89.1. The van der Waals surface area contributed by atoms with Crippen LogP contribution >= 0.6 is 0 Å². The molecule has 0 spiro atoms. The van der Waals surface area contributed by atoms with Crippen LogP contribution in [0.25, 0.3) is 0 Å². The molecule has 9 heterocycles. The number of aryl methyl sites for hydroxylation is 1. The molecule has 32 N–H and O–H groups in total. The summed E-state index contributed by atoms with van der Waals surface area (Å²) in [7, 11) is 21.1. The third-order valence-corrected chi connectivity index (χ3v) is 14.0. The van der Waals surface area contributed by atoms with Crippen LogP contribution in [0.2, 0.25) is 0 Å². The quantitative estimate of drug-likeness (QED) is 0.0296. The number of rotatable bonds is 29. The second kappa shape index (κ2) is 55.5. The van der Waals surface area contributed by atoms with E-state index in [-0.39, 0.29) is 83.3 Å². The van der Waals surface area contributed by atoms with E-state index in [9.17, 15) is 0 Å². The number of nitrogens with one attached hydrogen (secondary N) is 4. The highest BCUT2D eigenvalue weighted by Gasteiger charge is 2.14. The van der Waals surface area contributed by atoms with Crippen LogP contribution in [0.4, 0.5) is 149 Å². The molecular weight excluding hydrogens is 1520 g/mol. The Morgan fingerprint density at radius 1 is 0.246 bits per heavy atom. The van der Waals surface area contributed by atoms with E-state index in [0.29, 0.717) is 71.3 Å². The number of aromatic nitrogens is 27. The van der Waals surface area contributed by atoms with E-state index in [2.05, 4.69) is 197 Å². The van der Waals surface area contributed by atoms with Gasteiger partial charge in [-0.05, 0) is 46.0 Å². The van der Waals surface area contributed by atoms with Gasteiger partial charge in [0.05, 0.1) is 0 Å². The van der Waals surface area contributed by atoms with Crippen molar-refractivity contribution in [2.75, 3.05) is 259 Å². The van der Waals surface area contributed by atoms with Crippen molar-refractivity contribution < 1.29 is 0 Å². The molecule has 0 saturated heterocycles. The largest absolute Gasteiger partial charge is 0.368 e. The third-order valence-electron chi connectivity index (χ3n) is 14.0. The van der Waals surface area contributed by atoms with E-state index in [0.717, 1.165) is 109 Å². The van der Waals surface area contributed by atoms with E-state index < -0.39 is 0 Å². The Labute approximate surface area is 690 Å². The third kappa shape index (κ3) is 43.4. The Bertz CT molecular complexity index is 4030. The molecule has 0 saturated carbocycles. The predicted molar refractivity (Wildman–Crippen MR) is 476 cm³/mol. The molecule has 0 aliphatic carbocycles. The fraction of sp³-hybridized carbons (Fsp3) is 0.591. The number of anilines is 25. The number of unbranched alkanes of at least 4 members (excludes halogenated alkanes) is 4. The lowest BCUT2D eigenvalue weighted by Gasteiger charge is -2.17. The maximum atomic E-state index is 5.46. The topological polar surface area (TPSA) is 783 Å². The summed E-state index contributed by atoms with van der Waals surface area (Å²) in [5.41, 5.74) is 75.4. The average molecular weight is 1650 g/mol. The van der Waals surface area contributed by atoms with Gasteiger partial charge in [-0.15, -0.1) is 0 Å². The van der Waals surface area contributed by atoms with Crippen molar-refractivity contribution in [3.05, 3.63) is 11.6 Å². The van der Waals surface area contributed by atoms with Gasteiger partial charge in [-0.2, -0.15) is 135 Å². The molecule has 52 heteroatoms. The fourth-order valence-corrected chi connectivity index (χ4v) is 8.06. The maximum absolute atomic E-state index is 5.46. The standard InChI is InChI=1S/C10H19N5.C9H17N5.2C8H16N6.2C7H14N6.2C6H12N6.C5H10N6/c1-7(2)8-11-9(14(3)4)13-10(12-8)15(5)6;1-6-7-10-8(13(2)3)12-9(11-7)14(4)5;1-3-4-5-14(2)8-12-6(9)11-7(10)13-8;1-2-3-4-5-11-8-13-6(9)12-7(10)14-8;1-3-4-13(2)7-11-5(8)10-6(9)12-7;1-2-3-4-10-7-12-5(8)11-6(9)13-7;1-3-12(2)6-10-4(7)9-5(8)11-6;1-2-3-9-6-11-4(7)10-5(8)12-6;1-2-8-5-10-3(6)9-4(7)11-5/h7H,1-6H3;6H2,1-5H3;3-5H2,1-2H3,(H4,9,10,11,12,13);2-5H2,1H3,(H5,9,10,11,12,13,14);3-4H2,1-2H3,(H4,8,9,10,11,12);2-4H2,1H3,(H5,8,9,10,11,12,13);3H2,1-2H3,(H4,7,8,9,10,11);2-3H2,1H3,(H5,7,8,9,10,11,12);2H2,1H3,(H5,6,7,8,9,10,11). The predicted octanol–water partition coefficient (Wildman–Crippen LogP) is 1.55. The summed E-state index contributed by atoms with van der Waals surface area (Å²) in [6.45, 7) is 26.3. The SMILES string of the molecule is CC(C)c1nc(N(C)C)nc(N(C)C)n1.CCCCCNc1nc(N)nc(N)n1.CCCCN(C)c1nc(N)nc(N)n1.CCCCNc1nc(N)nc(N)n1.CCCN(C)c1nc(N)nc(N)n1.CCCNc1nc(N)nc(N)n1.CCN(C)c1nc(N)nc(N)n1.CCNc1nc(N)nc(N)n1.CCc1nc(N(C)C)nc(N(C)C)n1. The van der Waals surface area contributed by atoms with Crippen molar-refractivity contribution in [2.45, 2.75) is 139 Å². The van der Waals surface area contributed by atoms with Gasteiger partial charge in [0.1, 0.15) is 11.6 Å². The summed E-state index contributed by atoms with van der Waals surface area (Å²) in [5, 5.41) is 11.9. The summed E-state index contributed by atoms with van der Waals surface area (Å²) in [4.78, 5) is 119. The first-order chi connectivity index (χ1) is 55.7. The van der Waals surface area contributed by atoms with E-state index in [1.165, 1.54) is 12.8 Å². The van der Waals surface area contributed by atoms with E-state index >= 15 is 0 Å². The van der Waals surface area contributed by atoms with Crippen LogP contribution < -0.4 is 136 Å². The Balaban J connectivity index is 0.000000665. The lowest BCUT2D eigenvalue weighted by Crippen LogP contribution is -2.22. The second-order valence-electron chi connectivity index (χ2n) is 25.9. The second-order valence-corrected chi connectivity index (χ2v) is 25.9. The van der Waals surface area contributed by atoms with Crippen LogP contribution in [-0.4, -0.2) is 258 Å². The minimum absolute atomic E-state index is 0.133. The number of nitrogen functional groups attached to an aromatic ring is 14. The van der Waals surface area contributed by atoms with Crippen molar-refractivity contribution in [3.8, 4) is 0 Å². The van der Waals surface area contributed by atoms with Crippen molar-refractivity contribution in [3.63, 3.8) is 0 Å². The lowest BCUT2D eigenvalue weighted by atomic mass is 10.2. The molecule has 0 fully saturated rings. The molecule has 0 unspecified atom stereocenters. The van der Waals surface area contributed by atoms with Crippen LogP contribution in [0, 0.1) is 0 Å². The minimum Gasteiger partial charge on any atom is -0.368 e. The average Bonchev–Trinajstić information content (AvgIpc) is 0.844. The maximum Gasteiger partial charge on any atom is 0.231 e. The molecule has 118 heavy (non-hydrogen) atoms. The fourth-order valence-electron chi connectivity index (χ4n) is 8.06. The molecule has 0 atom stereocenters. The normalized spacial score (nSPS) is 10.0. The zero-order valence-electron chi connectivity index (χ0n) is 72.4. The molecule has 0 aromatic carbocycles. The van der Waals surface area contributed by atoms with Gasteiger partial charge in [0.15, 0.2) is 0 Å². The molecule has 654 valence electrons.